The van der Waals surface area contributed by atoms with Crippen molar-refractivity contribution in [1.82, 2.24) is 9.21 Å². The van der Waals surface area contributed by atoms with Gasteiger partial charge in [0.1, 0.15) is 0 Å². The Morgan fingerprint density at radius 3 is 2.10 bits per heavy atom. The van der Waals surface area contributed by atoms with E-state index >= 15 is 0 Å². The Balaban J connectivity index is 2.34. The molecule has 0 bridgehead atoms. The highest BCUT2D eigenvalue weighted by Gasteiger charge is 2.30. The molecule has 5 nitrogen and oxygen atoms in total. The number of nitrogens with zero attached hydrogens (tertiary/aromatic N) is 2. The molecule has 0 aromatic heterocycles. The van der Waals surface area contributed by atoms with Gasteiger partial charge in [0.05, 0.1) is 5.75 Å². The maximum atomic E-state index is 12.3. The zero-order valence-corrected chi connectivity index (χ0v) is 14.1. The third-order valence-corrected chi connectivity index (χ3v) is 5.90. The summed E-state index contributed by atoms with van der Waals surface area (Å²) in [5.41, 5.74) is 5.29. The van der Waals surface area contributed by atoms with Crippen LogP contribution in [-0.4, -0.2) is 62.6 Å². The number of rotatable bonds is 7. The molecule has 2 N–H and O–H groups in total. The summed E-state index contributed by atoms with van der Waals surface area (Å²) >= 11 is 0. The van der Waals surface area contributed by atoms with Gasteiger partial charge in [-0.05, 0) is 31.3 Å². The maximum Gasteiger partial charge on any atom is 0.214 e. The van der Waals surface area contributed by atoms with Crippen LogP contribution in [0.3, 0.4) is 0 Å². The summed E-state index contributed by atoms with van der Waals surface area (Å²) in [5.74, 6) is 0.233. The minimum Gasteiger partial charge on any atom is -0.330 e. The number of piperazine rings is 1. The van der Waals surface area contributed by atoms with Gasteiger partial charge in [0.2, 0.25) is 10.0 Å². The first-order valence-corrected chi connectivity index (χ1v) is 9.26. The molecule has 0 aromatic carbocycles. The van der Waals surface area contributed by atoms with Crippen molar-refractivity contribution < 1.29 is 8.42 Å². The molecule has 0 aliphatic carbocycles. The average Bonchev–Trinajstić information content (AvgIpc) is 2.32. The molecule has 1 saturated heterocycles. The quantitative estimate of drug-likeness (QED) is 0.716. The van der Waals surface area contributed by atoms with E-state index < -0.39 is 10.0 Å². The molecule has 1 aliphatic rings. The highest BCUT2D eigenvalue weighted by Crippen LogP contribution is 2.19. The van der Waals surface area contributed by atoms with Crippen LogP contribution >= 0.6 is 0 Å². The first-order valence-electron chi connectivity index (χ1n) is 7.65. The minimum atomic E-state index is -3.10. The SMILES string of the molecule is CC(C)(C)CS(=O)(=O)N1CCN(CCCCCN)CC1. The Morgan fingerprint density at radius 2 is 1.60 bits per heavy atom. The standard InChI is InChI=1S/C14H31N3O2S/c1-14(2,3)13-20(18,19)17-11-9-16(10-12-17)8-6-4-5-7-15/h4-13,15H2,1-3H3. The summed E-state index contributed by atoms with van der Waals surface area (Å²) in [6, 6.07) is 0. The van der Waals surface area contributed by atoms with E-state index in [-0.39, 0.29) is 11.2 Å². The second-order valence-electron chi connectivity index (χ2n) is 6.91. The highest BCUT2D eigenvalue weighted by atomic mass is 32.2. The van der Waals surface area contributed by atoms with Crippen LogP contribution in [-0.2, 0) is 10.0 Å². The number of unbranched alkanes of at least 4 members (excludes halogenated alkanes) is 2. The highest BCUT2D eigenvalue weighted by molar-refractivity contribution is 7.89. The normalized spacial score (nSPS) is 19.4. The Kier molecular flexibility index (Phi) is 6.91. The molecule has 1 aliphatic heterocycles. The lowest BCUT2D eigenvalue weighted by Gasteiger charge is -2.35. The molecular formula is C14H31N3O2S. The molecule has 120 valence electrons. The van der Waals surface area contributed by atoms with Crippen molar-refractivity contribution in [1.29, 1.82) is 0 Å². The van der Waals surface area contributed by atoms with Gasteiger partial charge in [-0.3, -0.25) is 0 Å². The minimum absolute atomic E-state index is 0.182. The predicted molar refractivity (Wildman–Crippen MR) is 84.2 cm³/mol. The van der Waals surface area contributed by atoms with Crippen LogP contribution in [0.2, 0.25) is 0 Å². The molecule has 0 unspecified atom stereocenters. The van der Waals surface area contributed by atoms with E-state index in [2.05, 4.69) is 4.90 Å². The van der Waals surface area contributed by atoms with E-state index in [1.54, 1.807) is 4.31 Å². The van der Waals surface area contributed by atoms with Crippen LogP contribution in [0.5, 0.6) is 0 Å². The second kappa shape index (κ2) is 7.73. The number of sulfonamides is 1. The third-order valence-electron chi connectivity index (χ3n) is 3.52. The summed E-state index contributed by atoms with van der Waals surface area (Å²) < 4.78 is 26.3. The Morgan fingerprint density at radius 1 is 1.00 bits per heavy atom. The summed E-state index contributed by atoms with van der Waals surface area (Å²) in [5, 5.41) is 0. The van der Waals surface area contributed by atoms with Crippen LogP contribution < -0.4 is 5.73 Å². The fourth-order valence-electron chi connectivity index (χ4n) is 2.53. The second-order valence-corrected chi connectivity index (χ2v) is 8.88. The average molecular weight is 305 g/mol. The van der Waals surface area contributed by atoms with Gasteiger partial charge < -0.3 is 10.6 Å². The molecule has 1 rings (SSSR count). The molecule has 0 spiro atoms. The summed E-state index contributed by atoms with van der Waals surface area (Å²) in [6.07, 6.45) is 3.41. The Bertz CT molecular complexity index is 368. The van der Waals surface area contributed by atoms with Gasteiger partial charge in [0.15, 0.2) is 0 Å². The lowest BCUT2D eigenvalue weighted by molar-refractivity contribution is 0.184. The molecule has 0 saturated carbocycles. The van der Waals surface area contributed by atoms with Crippen molar-refractivity contribution in [3.63, 3.8) is 0 Å². The topological polar surface area (TPSA) is 66.6 Å². The van der Waals surface area contributed by atoms with E-state index in [1.165, 1.54) is 6.42 Å². The maximum absolute atomic E-state index is 12.3. The van der Waals surface area contributed by atoms with Crippen molar-refractivity contribution in [3.8, 4) is 0 Å². The molecule has 0 radical (unpaired) electrons. The first kappa shape index (κ1) is 17.9. The largest absolute Gasteiger partial charge is 0.330 e. The third kappa shape index (κ3) is 6.52. The van der Waals surface area contributed by atoms with Crippen molar-refractivity contribution >= 4 is 10.0 Å². The number of hydrogen-bond acceptors (Lipinski definition) is 4. The zero-order valence-electron chi connectivity index (χ0n) is 13.3. The van der Waals surface area contributed by atoms with E-state index in [4.69, 9.17) is 5.73 Å². The van der Waals surface area contributed by atoms with Crippen LogP contribution in [0.4, 0.5) is 0 Å². The van der Waals surface area contributed by atoms with Crippen molar-refractivity contribution in [2.24, 2.45) is 11.1 Å². The molecule has 0 amide bonds. The van der Waals surface area contributed by atoms with Crippen molar-refractivity contribution in [2.45, 2.75) is 40.0 Å². The predicted octanol–water partition coefficient (Wildman–Crippen LogP) is 1.11. The monoisotopic (exact) mass is 305 g/mol. The van der Waals surface area contributed by atoms with Crippen LogP contribution in [0, 0.1) is 5.41 Å². The summed E-state index contributed by atoms with van der Waals surface area (Å²) in [4.78, 5) is 2.36. The Labute approximate surface area is 124 Å². The van der Waals surface area contributed by atoms with Gasteiger partial charge >= 0.3 is 0 Å². The summed E-state index contributed by atoms with van der Waals surface area (Å²) in [7, 11) is -3.10. The lowest BCUT2D eigenvalue weighted by atomic mass is 10.0. The van der Waals surface area contributed by atoms with Gasteiger partial charge in [-0.15, -0.1) is 0 Å². The van der Waals surface area contributed by atoms with Gasteiger partial charge in [0, 0.05) is 26.2 Å². The van der Waals surface area contributed by atoms with Crippen LogP contribution in [0.25, 0.3) is 0 Å². The van der Waals surface area contributed by atoms with Gasteiger partial charge in [-0.1, -0.05) is 27.2 Å². The van der Waals surface area contributed by atoms with Crippen molar-refractivity contribution in [3.05, 3.63) is 0 Å². The number of hydrogen-bond donors (Lipinski definition) is 1. The first-order chi connectivity index (χ1) is 9.24. The fraction of sp³-hybridized carbons (Fsp3) is 1.00. The van der Waals surface area contributed by atoms with Crippen molar-refractivity contribution in [2.75, 3.05) is 45.0 Å². The smallest absolute Gasteiger partial charge is 0.214 e. The van der Waals surface area contributed by atoms with Crippen LogP contribution in [0.15, 0.2) is 0 Å². The molecule has 0 atom stereocenters. The molecular weight excluding hydrogens is 274 g/mol. The number of nitrogens with two attached hydrogens (primary N) is 1. The molecule has 20 heavy (non-hydrogen) atoms. The lowest BCUT2D eigenvalue weighted by Crippen LogP contribution is -2.50. The van der Waals surface area contributed by atoms with E-state index in [0.29, 0.717) is 13.1 Å². The van der Waals surface area contributed by atoms with E-state index in [1.807, 2.05) is 20.8 Å². The zero-order chi connectivity index (χ0) is 15.2. The fourth-order valence-corrected chi connectivity index (χ4v) is 4.52. The van der Waals surface area contributed by atoms with Crippen LogP contribution in [0.1, 0.15) is 40.0 Å². The summed E-state index contributed by atoms with van der Waals surface area (Å²) in [6.45, 7) is 10.7. The van der Waals surface area contributed by atoms with Gasteiger partial charge in [0.25, 0.3) is 0 Å². The van der Waals surface area contributed by atoms with Gasteiger partial charge in [-0.25, -0.2) is 8.42 Å². The Hall–Kier alpha value is -0.170. The molecule has 6 heteroatoms. The van der Waals surface area contributed by atoms with E-state index in [0.717, 1.165) is 39.0 Å². The van der Waals surface area contributed by atoms with Gasteiger partial charge in [-0.2, -0.15) is 4.31 Å². The van der Waals surface area contributed by atoms with E-state index in [9.17, 15) is 8.42 Å². The molecule has 1 heterocycles. The molecule has 0 aromatic rings. The molecule has 1 fully saturated rings.